The predicted octanol–water partition coefficient (Wildman–Crippen LogP) is 2.56. The molecule has 2 aliphatic rings. The molecular weight excluding hydrogens is 266 g/mol. The molecule has 114 valence electrons. The third kappa shape index (κ3) is 2.55. The first kappa shape index (κ1) is 14.4. The van der Waals surface area contributed by atoms with Gasteiger partial charge in [0.15, 0.2) is 0 Å². The number of carbonyl (C=O) groups is 1. The maximum Gasteiger partial charge on any atom is 0.320 e. The smallest absolute Gasteiger partial charge is 0.320 e. The number of nitrogens with zero attached hydrogens (tertiary/aromatic N) is 3. The van der Waals surface area contributed by atoms with Crippen LogP contribution < -0.4 is 0 Å². The summed E-state index contributed by atoms with van der Waals surface area (Å²) in [5.74, 6) is -0.169. The van der Waals surface area contributed by atoms with E-state index in [1.54, 1.807) is 12.4 Å². The molecule has 1 aromatic heterocycles. The van der Waals surface area contributed by atoms with Crippen molar-refractivity contribution < 1.29 is 9.90 Å². The Hall–Kier alpha value is -1.49. The van der Waals surface area contributed by atoms with E-state index in [2.05, 4.69) is 21.8 Å². The first-order valence-corrected chi connectivity index (χ1v) is 7.87. The van der Waals surface area contributed by atoms with Crippen LogP contribution in [-0.4, -0.2) is 38.0 Å². The van der Waals surface area contributed by atoms with Gasteiger partial charge in [-0.05, 0) is 39.0 Å². The van der Waals surface area contributed by atoms with Gasteiger partial charge in [-0.3, -0.25) is 19.7 Å². The summed E-state index contributed by atoms with van der Waals surface area (Å²) < 4.78 is 0. The average Bonchev–Trinajstić information content (AvgIpc) is 2.86. The molecule has 1 saturated heterocycles. The minimum atomic E-state index is -0.696. The maximum atomic E-state index is 11.7. The number of hydrogen-bond donors (Lipinski definition) is 1. The van der Waals surface area contributed by atoms with E-state index >= 15 is 0 Å². The normalized spacial score (nSPS) is 30.9. The molecule has 0 bridgehead atoms. The number of fused-ring (bicyclic) bond motifs is 1. The van der Waals surface area contributed by atoms with Crippen molar-refractivity contribution in [3.63, 3.8) is 0 Å². The number of hydrogen-bond acceptors (Lipinski definition) is 4. The first-order valence-electron chi connectivity index (χ1n) is 7.87. The number of aryl methyl sites for hydroxylation is 1. The molecule has 0 spiro atoms. The van der Waals surface area contributed by atoms with Crippen LogP contribution in [0.15, 0.2) is 12.4 Å². The van der Waals surface area contributed by atoms with E-state index in [0.29, 0.717) is 12.0 Å². The Balaban J connectivity index is 1.93. The number of rotatable bonds is 3. The van der Waals surface area contributed by atoms with Crippen LogP contribution in [0.3, 0.4) is 0 Å². The Labute approximate surface area is 125 Å². The Bertz CT molecular complexity index is 534. The summed E-state index contributed by atoms with van der Waals surface area (Å²) in [6, 6.07) is 0.0127. The van der Waals surface area contributed by atoms with Gasteiger partial charge >= 0.3 is 5.97 Å². The largest absolute Gasteiger partial charge is 0.480 e. The molecule has 2 heterocycles. The lowest BCUT2D eigenvalue weighted by Crippen LogP contribution is -2.44. The van der Waals surface area contributed by atoms with Crippen molar-refractivity contribution in [1.29, 1.82) is 0 Å². The summed E-state index contributed by atoms with van der Waals surface area (Å²) in [6.07, 6.45) is 8.88. The second-order valence-electron chi connectivity index (χ2n) is 6.35. The van der Waals surface area contributed by atoms with Gasteiger partial charge in [0.05, 0.1) is 17.4 Å². The fourth-order valence-corrected chi connectivity index (χ4v) is 4.25. The number of aromatic nitrogens is 2. The fraction of sp³-hybridized carbons (Fsp3) is 0.688. The molecule has 1 saturated carbocycles. The monoisotopic (exact) mass is 289 g/mol. The Morgan fingerprint density at radius 3 is 2.76 bits per heavy atom. The van der Waals surface area contributed by atoms with Crippen molar-refractivity contribution in [2.24, 2.45) is 5.92 Å². The topological polar surface area (TPSA) is 66.3 Å². The summed E-state index contributed by atoms with van der Waals surface area (Å²) >= 11 is 0. The fourth-order valence-electron chi connectivity index (χ4n) is 4.25. The lowest BCUT2D eigenvalue weighted by molar-refractivity contribution is -0.143. The van der Waals surface area contributed by atoms with Crippen molar-refractivity contribution >= 4 is 5.97 Å². The number of likely N-dealkylation sites (tertiary alicyclic amines) is 1. The van der Waals surface area contributed by atoms with Crippen molar-refractivity contribution in [3.05, 3.63) is 23.8 Å². The molecule has 1 N–H and O–H groups in total. The Morgan fingerprint density at radius 1 is 1.33 bits per heavy atom. The molecule has 2 fully saturated rings. The quantitative estimate of drug-likeness (QED) is 0.926. The second kappa shape index (κ2) is 5.72. The Kier molecular flexibility index (Phi) is 3.93. The molecule has 0 radical (unpaired) electrons. The van der Waals surface area contributed by atoms with Crippen LogP contribution in [0.2, 0.25) is 0 Å². The van der Waals surface area contributed by atoms with E-state index in [4.69, 9.17) is 0 Å². The van der Waals surface area contributed by atoms with Gasteiger partial charge in [-0.2, -0.15) is 0 Å². The molecule has 4 atom stereocenters. The first-order chi connectivity index (χ1) is 10.1. The molecule has 3 rings (SSSR count). The molecule has 0 amide bonds. The summed E-state index contributed by atoms with van der Waals surface area (Å²) in [4.78, 5) is 22.7. The van der Waals surface area contributed by atoms with E-state index in [1.165, 1.54) is 12.8 Å². The van der Waals surface area contributed by atoms with Gasteiger partial charge in [0.1, 0.15) is 6.04 Å². The van der Waals surface area contributed by atoms with E-state index in [-0.39, 0.29) is 12.1 Å². The van der Waals surface area contributed by atoms with Gasteiger partial charge in [0.2, 0.25) is 0 Å². The summed E-state index contributed by atoms with van der Waals surface area (Å²) in [5, 5.41) is 9.62. The van der Waals surface area contributed by atoms with Crippen molar-refractivity contribution in [2.75, 3.05) is 0 Å². The third-order valence-corrected chi connectivity index (χ3v) is 5.18. The standard InChI is InChI=1S/C16H23N3O2/c1-10-15(18-8-7-17-10)11(2)19-13-6-4-3-5-12(13)9-14(19)16(20)21/h7-8,11-14H,3-6,9H2,1-2H3,(H,20,21). The maximum absolute atomic E-state index is 11.7. The van der Waals surface area contributed by atoms with Crippen LogP contribution in [0.1, 0.15) is 56.5 Å². The van der Waals surface area contributed by atoms with Crippen molar-refractivity contribution in [2.45, 2.75) is 64.1 Å². The number of aliphatic carboxylic acids is 1. The zero-order valence-corrected chi connectivity index (χ0v) is 12.7. The highest BCUT2D eigenvalue weighted by molar-refractivity contribution is 5.74. The molecule has 21 heavy (non-hydrogen) atoms. The Morgan fingerprint density at radius 2 is 2.05 bits per heavy atom. The van der Waals surface area contributed by atoms with Gasteiger partial charge in [0.25, 0.3) is 0 Å². The molecule has 5 nitrogen and oxygen atoms in total. The van der Waals surface area contributed by atoms with E-state index in [1.807, 2.05) is 6.92 Å². The van der Waals surface area contributed by atoms with Crippen molar-refractivity contribution in [1.82, 2.24) is 14.9 Å². The van der Waals surface area contributed by atoms with Crippen LogP contribution in [0, 0.1) is 12.8 Å². The van der Waals surface area contributed by atoms with Gasteiger partial charge < -0.3 is 5.11 Å². The highest BCUT2D eigenvalue weighted by atomic mass is 16.4. The van der Waals surface area contributed by atoms with Crippen LogP contribution in [0.5, 0.6) is 0 Å². The SMILES string of the molecule is Cc1nccnc1C(C)N1C(C(=O)O)CC2CCCCC21. The van der Waals surface area contributed by atoms with Crippen molar-refractivity contribution in [3.8, 4) is 0 Å². The third-order valence-electron chi connectivity index (χ3n) is 5.18. The van der Waals surface area contributed by atoms with Gasteiger partial charge in [-0.1, -0.05) is 12.8 Å². The molecule has 1 aliphatic heterocycles. The number of carboxylic acid groups (broad SMARTS) is 1. The lowest BCUT2D eigenvalue weighted by atomic mass is 9.84. The van der Waals surface area contributed by atoms with Gasteiger partial charge in [-0.25, -0.2) is 0 Å². The average molecular weight is 289 g/mol. The molecule has 1 aromatic rings. The minimum absolute atomic E-state index is 0.00731. The zero-order chi connectivity index (χ0) is 15.0. The van der Waals surface area contributed by atoms with E-state index < -0.39 is 5.97 Å². The van der Waals surface area contributed by atoms with Gasteiger partial charge in [-0.15, -0.1) is 0 Å². The highest BCUT2D eigenvalue weighted by Gasteiger charge is 2.47. The predicted molar refractivity (Wildman–Crippen MR) is 78.8 cm³/mol. The second-order valence-corrected chi connectivity index (χ2v) is 6.35. The molecule has 5 heteroatoms. The minimum Gasteiger partial charge on any atom is -0.480 e. The summed E-state index contributed by atoms with van der Waals surface area (Å²) in [5.41, 5.74) is 1.81. The van der Waals surface area contributed by atoms with Gasteiger partial charge in [0, 0.05) is 18.4 Å². The zero-order valence-electron chi connectivity index (χ0n) is 12.7. The summed E-state index contributed by atoms with van der Waals surface area (Å²) in [7, 11) is 0. The molecule has 1 aliphatic carbocycles. The van der Waals surface area contributed by atoms with E-state index in [9.17, 15) is 9.90 Å². The lowest BCUT2D eigenvalue weighted by Gasteiger charge is -2.37. The molecule has 4 unspecified atom stereocenters. The van der Waals surface area contributed by atoms with E-state index in [0.717, 1.165) is 30.7 Å². The van der Waals surface area contributed by atoms with Crippen LogP contribution >= 0.6 is 0 Å². The van der Waals surface area contributed by atoms with Crippen LogP contribution in [0.4, 0.5) is 0 Å². The number of carboxylic acids is 1. The highest BCUT2D eigenvalue weighted by Crippen LogP contribution is 2.43. The summed E-state index contributed by atoms with van der Waals surface area (Å²) in [6.45, 7) is 4.02. The van der Waals surface area contributed by atoms with Crippen LogP contribution in [0.25, 0.3) is 0 Å². The molecule has 0 aromatic carbocycles. The molecular formula is C16H23N3O2. The van der Waals surface area contributed by atoms with Crippen LogP contribution in [-0.2, 0) is 4.79 Å².